The second kappa shape index (κ2) is 6.45. The van der Waals surface area contributed by atoms with Gasteiger partial charge in [0.05, 0.1) is 35.1 Å². The summed E-state index contributed by atoms with van der Waals surface area (Å²) in [6.45, 7) is 2.74. The molecular weight excluding hydrogens is 326 g/mol. The Balaban J connectivity index is 1.82. The van der Waals surface area contributed by atoms with E-state index >= 15 is 0 Å². The maximum atomic E-state index is 13.2. The molecule has 0 atom stereocenters. The van der Waals surface area contributed by atoms with Crippen molar-refractivity contribution in [3.63, 3.8) is 0 Å². The highest BCUT2D eigenvalue weighted by Crippen LogP contribution is 2.42. The Labute approximate surface area is 144 Å². The highest BCUT2D eigenvalue weighted by atomic mass is 16.6. The fourth-order valence-electron chi connectivity index (χ4n) is 3.65. The summed E-state index contributed by atoms with van der Waals surface area (Å²) in [7, 11) is 0. The lowest BCUT2D eigenvalue weighted by Gasteiger charge is -2.31. The van der Waals surface area contributed by atoms with Gasteiger partial charge in [0.15, 0.2) is 0 Å². The number of benzene rings is 1. The Bertz CT molecular complexity index is 747. The number of anilines is 1. The monoisotopic (exact) mass is 345 g/mol. The van der Waals surface area contributed by atoms with Crippen LogP contribution < -0.4 is 10.2 Å². The van der Waals surface area contributed by atoms with Crippen molar-refractivity contribution in [3.05, 3.63) is 39.6 Å². The highest BCUT2D eigenvalue weighted by Gasteiger charge is 2.40. The molecule has 3 aliphatic heterocycles. The van der Waals surface area contributed by atoms with Crippen LogP contribution in [-0.4, -0.2) is 49.8 Å². The van der Waals surface area contributed by atoms with Gasteiger partial charge in [-0.25, -0.2) is 0 Å². The first-order valence-electron chi connectivity index (χ1n) is 8.41. The zero-order valence-corrected chi connectivity index (χ0v) is 13.7. The van der Waals surface area contributed by atoms with Crippen molar-refractivity contribution >= 4 is 22.9 Å². The minimum atomic E-state index is -0.436. The molecule has 0 bridgehead atoms. The van der Waals surface area contributed by atoms with Crippen molar-refractivity contribution in [3.8, 4) is 0 Å². The molecule has 2 fully saturated rings. The molecule has 0 saturated carbocycles. The Morgan fingerprint density at radius 1 is 1.20 bits per heavy atom. The van der Waals surface area contributed by atoms with Crippen molar-refractivity contribution < 1.29 is 19.2 Å². The number of carbonyl (C=O) groups excluding carboxylic acids is 1. The topological polar surface area (TPSA) is 93.9 Å². The average Bonchev–Trinajstić information content (AvgIpc) is 2.94. The van der Waals surface area contributed by atoms with Crippen LogP contribution in [0.15, 0.2) is 23.9 Å². The zero-order chi connectivity index (χ0) is 17.4. The summed E-state index contributed by atoms with van der Waals surface area (Å²) in [6.07, 6.45) is 1.52. The van der Waals surface area contributed by atoms with Crippen LogP contribution >= 0.6 is 0 Å². The van der Waals surface area contributed by atoms with Gasteiger partial charge in [0.2, 0.25) is 0 Å². The summed E-state index contributed by atoms with van der Waals surface area (Å²) in [6, 6.07) is 4.67. The molecule has 0 aliphatic carbocycles. The molecule has 8 heteroatoms. The van der Waals surface area contributed by atoms with E-state index in [-0.39, 0.29) is 17.6 Å². The molecule has 0 spiro atoms. The van der Waals surface area contributed by atoms with Crippen LogP contribution in [0.25, 0.3) is 5.57 Å². The van der Waals surface area contributed by atoms with Crippen LogP contribution in [0.4, 0.5) is 11.4 Å². The fraction of sp³-hybridized carbons (Fsp3) is 0.471. The second-order valence-corrected chi connectivity index (χ2v) is 6.31. The summed E-state index contributed by atoms with van der Waals surface area (Å²) < 4.78 is 10.9. The molecular formula is C17H19N3O5. The average molecular weight is 345 g/mol. The number of ether oxygens (including phenoxy) is 2. The third-order valence-electron chi connectivity index (χ3n) is 4.84. The number of nitro groups is 1. The van der Waals surface area contributed by atoms with Gasteiger partial charge in [-0.05, 0) is 18.9 Å². The summed E-state index contributed by atoms with van der Waals surface area (Å²) >= 11 is 0. The van der Waals surface area contributed by atoms with Crippen molar-refractivity contribution in [1.82, 2.24) is 5.32 Å². The number of hydrogen-bond donors (Lipinski definition) is 1. The SMILES string of the molecule is O=C1/C(=C2/COCCN2)c2cc([N+](=O)[O-])ccc2N1C1CCOCC1. The molecule has 4 rings (SSSR count). The Hall–Kier alpha value is -2.45. The molecule has 1 aromatic carbocycles. The third-order valence-corrected chi connectivity index (χ3v) is 4.84. The number of morpholine rings is 1. The lowest BCUT2D eigenvalue weighted by molar-refractivity contribution is -0.384. The molecule has 1 aromatic rings. The molecule has 25 heavy (non-hydrogen) atoms. The van der Waals surface area contributed by atoms with Crippen LogP contribution in [0.3, 0.4) is 0 Å². The van der Waals surface area contributed by atoms with Crippen molar-refractivity contribution in [2.75, 3.05) is 37.9 Å². The molecule has 0 unspecified atom stereocenters. The Kier molecular flexibility index (Phi) is 4.14. The summed E-state index contributed by atoms with van der Waals surface area (Å²) in [4.78, 5) is 25.7. The van der Waals surface area contributed by atoms with Gasteiger partial charge >= 0.3 is 0 Å². The van der Waals surface area contributed by atoms with E-state index in [1.165, 1.54) is 12.1 Å². The first kappa shape index (κ1) is 16.0. The first-order valence-corrected chi connectivity index (χ1v) is 8.41. The van der Waals surface area contributed by atoms with Gasteiger partial charge in [-0.1, -0.05) is 0 Å². The normalized spacial score (nSPS) is 24.2. The van der Waals surface area contributed by atoms with Crippen LogP contribution in [0.2, 0.25) is 0 Å². The van der Waals surface area contributed by atoms with Gasteiger partial charge in [0.1, 0.15) is 0 Å². The van der Waals surface area contributed by atoms with Crippen LogP contribution in [0.1, 0.15) is 18.4 Å². The molecule has 132 valence electrons. The van der Waals surface area contributed by atoms with Crippen LogP contribution in [-0.2, 0) is 14.3 Å². The minimum Gasteiger partial charge on any atom is -0.383 e. The van der Waals surface area contributed by atoms with Gasteiger partial charge in [-0.3, -0.25) is 14.9 Å². The molecule has 2 saturated heterocycles. The standard InChI is InChI=1S/C17H19N3O5/c21-17-16(14-10-25-8-5-18-14)13-9-12(20(22)23)1-2-15(13)19(17)11-3-6-24-7-4-11/h1-2,9,11,18H,3-8,10H2/b16-14-. The van der Waals surface area contributed by atoms with E-state index < -0.39 is 4.92 Å². The molecule has 8 nitrogen and oxygen atoms in total. The van der Waals surface area contributed by atoms with E-state index in [0.29, 0.717) is 49.8 Å². The molecule has 3 heterocycles. The maximum Gasteiger partial charge on any atom is 0.270 e. The van der Waals surface area contributed by atoms with E-state index in [4.69, 9.17) is 9.47 Å². The van der Waals surface area contributed by atoms with E-state index in [1.54, 1.807) is 11.0 Å². The van der Waals surface area contributed by atoms with Gasteiger partial charge in [-0.2, -0.15) is 0 Å². The first-order chi connectivity index (χ1) is 12.2. The van der Waals surface area contributed by atoms with E-state index in [1.807, 2.05) is 0 Å². The number of carbonyl (C=O) groups is 1. The molecule has 0 aromatic heterocycles. The van der Waals surface area contributed by atoms with Crippen LogP contribution in [0.5, 0.6) is 0 Å². The lowest BCUT2D eigenvalue weighted by atomic mass is 10.0. The van der Waals surface area contributed by atoms with Gasteiger partial charge in [-0.15, -0.1) is 0 Å². The number of nitro benzene ring substituents is 1. The van der Waals surface area contributed by atoms with Crippen molar-refractivity contribution in [2.24, 2.45) is 0 Å². The quantitative estimate of drug-likeness (QED) is 0.495. The van der Waals surface area contributed by atoms with E-state index in [0.717, 1.165) is 18.5 Å². The lowest BCUT2D eigenvalue weighted by Crippen LogP contribution is -2.42. The summed E-state index contributed by atoms with van der Waals surface area (Å²) in [5.41, 5.74) is 2.52. The van der Waals surface area contributed by atoms with Gasteiger partial charge in [0.25, 0.3) is 11.6 Å². The number of non-ortho nitro benzene ring substituents is 1. The zero-order valence-electron chi connectivity index (χ0n) is 13.7. The van der Waals surface area contributed by atoms with Crippen molar-refractivity contribution in [1.29, 1.82) is 0 Å². The molecule has 1 N–H and O–H groups in total. The van der Waals surface area contributed by atoms with Crippen molar-refractivity contribution in [2.45, 2.75) is 18.9 Å². The maximum absolute atomic E-state index is 13.2. The number of hydrogen-bond acceptors (Lipinski definition) is 6. The number of nitrogens with zero attached hydrogens (tertiary/aromatic N) is 2. The number of rotatable bonds is 2. The van der Waals surface area contributed by atoms with Gasteiger partial charge in [0, 0.05) is 43.5 Å². The highest BCUT2D eigenvalue weighted by molar-refractivity contribution is 6.33. The summed E-state index contributed by atoms with van der Waals surface area (Å²) in [5, 5.41) is 14.4. The Morgan fingerprint density at radius 3 is 2.68 bits per heavy atom. The van der Waals surface area contributed by atoms with Crippen LogP contribution in [0, 0.1) is 10.1 Å². The predicted molar refractivity (Wildman–Crippen MR) is 90.2 cm³/mol. The molecule has 3 aliphatic rings. The minimum absolute atomic E-state index is 0.0183. The summed E-state index contributed by atoms with van der Waals surface area (Å²) in [5.74, 6) is -0.115. The number of nitrogens with one attached hydrogen (secondary N) is 1. The molecule has 0 radical (unpaired) electrons. The number of amides is 1. The van der Waals surface area contributed by atoms with E-state index in [9.17, 15) is 14.9 Å². The molecule has 1 amide bonds. The Morgan fingerprint density at radius 2 is 2.00 bits per heavy atom. The third kappa shape index (κ3) is 2.77. The fourth-order valence-corrected chi connectivity index (χ4v) is 3.65. The second-order valence-electron chi connectivity index (χ2n) is 6.31. The van der Waals surface area contributed by atoms with E-state index in [2.05, 4.69) is 5.32 Å². The smallest absolute Gasteiger partial charge is 0.270 e. The van der Waals surface area contributed by atoms with Gasteiger partial charge < -0.3 is 19.7 Å². The largest absolute Gasteiger partial charge is 0.383 e. The number of fused-ring (bicyclic) bond motifs is 1. The predicted octanol–water partition coefficient (Wildman–Crippen LogP) is 1.45.